The van der Waals surface area contributed by atoms with Crippen molar-refractivity contribution in [3.63, 3.8) is 0 Å². The van der Waals surface area contributed by atoms with Crippen LogP contribution in [0.3, 0.4) is 0 Å². The van der Waals surface area contributed by atoms with E-state index in [0.29, 0.717) is 12.1 Å². The molecule has 1 saturated heterocycles. The van der Waals surface area contributed by atoms with Crippen LogP contribution in [0.2, 0.25) is 0 Å². The molecule has 4 heteroatoms. The number of hydrogen-bond donors (Lipinski definition) is 1. The third-order valence-electron chi connectivity index (χ3n) is 2.95. The molecule has 1 aliphatic rings. The summed E-state index contributed by atoms with van der Waals surface area (Å²) in [5, 5.41) is 7.47. The maximum absolute atomic E-state index is 5.10. The molecule has 0 spiro atoms. The number of hydrogen-bond acceptors (Lipinski definition) is 4. The van der Waals surface area contributed by atoms with Crippen molar-refractivity contribution in [2.45, 2.75) is 25.9 Å². The molecule has 2 unspecified atom stereocenters. The first-order chi connectivity index (χ1) is 6.68. The van der Waals surface area contributed by atoms with E-state index in [2.05, 4.69) is 29.3 Å². The zero-order chi connectivity index (χ0) is 10.1. The molecule has 0 aromatic carbocycles. The molecular formula is C10H17N3O. The Hall–Kier alpha value is -0.870. The molecule has 2 heterocycles. The van der Waals surface area contributed by atoms with E-state index in [-0.39, 0.29) is 0 Å². The fourth-order valence-electron chi connectivity index (χ4n) is 1.88. The van der Waals surface area contributed by atoms with Crippen LogP contribution in [0, 0.1) is 6.92 Å². The van der Waals surface area contributed by atoms with Gasteiger partial charge in [-0.3, -0.25) is 4.90 Å². The lowest BCUT2D eigenvalue weighted by Gasteiger charge is -2.37. The van der Waals surface area contributed by atoms with Crippen LogP contribution in [-0.4, -0.2) is 36.2 Å². The highest BCUT2D eigenvalue weighted by molar-refractivity contribution is 5.10. The zero-order valence-electron chi connectivity index (χ0n) is 8.95. The third-order valence-corrected chi connectivity index (χ3v) is 2.95. The van der Waals surface area contributed by atoms with Crippen molar-refractivity contribution in [1.82, 2.24) is 15.4 Å². The monoisotopic (exact) mass is 195 g/mol. The molecule has 14 heavy (non-hydrogen) atoms. The lowest BCUT2D eigenvalue weighted by Crippen LogP contribution is -2.49. The molecule has 2 rings (SSSR count). The Kier molecular flexibility index (Phi) is 2.56. The highest BCUT2D eigenvalue weighted by Crippen LogP contribution is 2.22. The van der Waals surface area contributed by atoms with Crippen LogP contribution in [0.4, 0.5) is 0 Å². The second-order valence-corrected chi connectivity index (χ2v) is 4.05. The van der Waals surface area contributed by atoms with Gasteiger partial charge < -0.3 is 9.84 Å². The maximum atomic E-state index is 5.10. The minimum absolute atomic E-state index is 0.344. The van der Waals surface area contributed by atoms with Gasteiger partial charge in [0.05, 0.1) is 6.04 Å². The lowest BCUT2D eigenvalue weighted by atomic mass is 10.1. The molecule has 1 N–H and O–H groups in total. The molecule has 0 amide bonds. The Balaban J connectivity index is 2.17. The summed E-state index contributed by atoms with van der Waals surface area (Å²) in [4.78, 5) is 2.34. The molecule has 2 atom stereocenters. The topological polar surface area (TPSA) is 41.3 Å². The van der Waals surface area contributed by atoms with Crippen LogP contribution in [-0.2, 0) is 0 Å². The number of nitrogens with one attached hydrogen (secondary N) is 1. The van der Waals surface area contributed by atoms with Crippen molar-refractivity contribution < 1.29 is 4.52 Å². The minimum Gasteiger partial charge on any atom is -0.361 e. The van der Waals surface area contributed by atoms with Crippen LogP contribution >= 0.6 is 0 Å². The van der Waals surface area contributed by atoms with Gasteiger partial charge in [-0.05, 0) is 20.9 Å². The highest BCUT2D eigenvalue weighted by Gasteiger charge is 2.27. The van der Waals surface area contributed by atoms with Gasteiger partial charge in [0, 0.05) is 25.2 Å². The maximum Gasteiger partial charge on any atom is 0.133 e. The fraction of sp³-hybridized carbons (Fsp3) is 0.700. The van der Waals surface area contributed by atoms with E-state index in [0.717, 1.165) is 24.5 Å². The Morgan fingerprint density at radius 1 is 1.57 bits per heavy atom. The summed E-state index contributed by atoms with van der Waals surface area (Å²) in [5.41, 5.74) is 1.03. The average Bonchev–Trinajstić information content (AvgIpc) is 2.57. The summed E-state index contributed by atoms with van der Waals surface area (Å²) in [6, 6.07) is 2.91. The summed E-state index contributed by atoms with van der Waals surface area (Å²) >= 11 is 0. The van der Waals surface area contributed by atoms with E-state index in [1.54, 1.807) is 0 Å². The molecule has 0 radical (unpaired) electrons. The van der Waals surface area contributed by atoms with Gasteiger partial charge in [0.25, 0.3) is 0 Å². The number of piperazine rings is 1. The van der Waals surface area contributed by atoms with Crippen molar-refractivity contribution in [1.29, 1.82) is 0 Å². The summed E-state index contributed by atoms with van der Waals surface area (Å²) < 4.78 is 5.10. The first-order valence-corrected chi connectivity index (χ1v) is 5.04. The molecule has 0 bridgehead atoms. The summed E-state index contributed by atoms with van der Waals surface area (Å²) in [6.45, 7) is 6.14. The number of aromatic nitrogens is 1. The number of rotatable bonds is 1. The Morgan fingerprint density at radius 3 is 3.00 bits per heavy atom. The minimum atomic E-state index is 0.344. The van der Waals surface area contributed by atoms with Crippen molar-refractivity contribution in [2.24, 2.45) is 0 Å². The first kappa shape index (κ1) is 9.68. The standard InChI is InChI=1S/C10H17N3O/c1-7-5-11-6-10(13(7)3)9-4-8(2)14-12-9/h4,7,10-11H,5-6H2,1-3H3. The van der Waals surface area contributed by atoms with E-state index < -0.39 is 0 Å². The number of nitrogens with zero attached hydrogens (tertiary/aromatic N) is 2. The average molecular weight is 195 g/mol. The molecular weight excluding hydrogens is 178 g/mol. The third kappa shape index (κ3) is 1.67. The quantitative estimate of drug-likeness (QED) is 0.724. The lowest BCUT2D eigenvalue weighted by molar-refractivity contribution is 0.135. The van der Waals surface area contributed by atoms with Gasteiger partial charge in [0.2, 0.25) is 0 Å². The van der Waals surface area contributed by atoms with Crippen molar-refractivity contribution in [3.8, 4) is 0 Å². The predicted molar refractivity (Wildman–Crippen MR) is 54.1 cm³/mol. The van der Waals surface area contributed by atoms with Crippen LogP contribution in [0.1, 0.15) is 24.4 Å². The van der Waals surface area contributed by atoms with E-state index in [1.807, 2.05) is 13.0 Å². The Morgan fingerprint density at radius 2 is 2.36 bits per heavy atom. The molecule has 1 fully saturated rings. The van der Waals surface area contributed by atoms with E-state index >= 15 is 0 Å². The highest BCUT2D eigenvalue weighted by atomic mass is 16.5. The van der Waals surface area contributed by atoms with Crippen LogP contribution in [0.25, 0.3) is 0 Å². The fourth-order valence-corrected chi connectivity index (χ4v) is 1.88. The van der Waals surface area contributed by atoms with Crippen LogP contribution in [0.15, 0.2) is 10.6 Å². The van der Waals surface area contributed by atoms with Crippen molar-refractivity contribution in [2.75, 3.05) is 20.1 Å². The molecule has 0 saturated carbocycles. The van der Waals surface area contributed by atoms with E-state index in [1.165, 1.54) is 0 Å². The number of likely N-dealkylation sites (N-methyl/N-ethyl adjacent to an activating group) is 1. The first-order valence-electron chi connectivity index (χ1n) is 5.04. The van der Waals surface area contributed by atoms with E-state index in [9.17, 15) is 0 Å². The number of aryl methyl sites for hydroxylation is 1. The largest absolute Gasteiger partial charge is 0.361 e. The van der Waals surface area contributed by atoms with Gasteiger partial charge in [-0.1, -0.05) is 5.16 Å². The summed E-state index contributed by atoms with van der Waals surface area (Å²) in [6.07, 6.45) is 0. The van der Waals surface area contributed by atoms with Crippen molar-refractivity contribution in [3.05, 3.63) is 17.5 Å². The zero-order valence-corrected chi connectivity index (χ0v) is 8.95. The van der Waals surface area contributed by atoms with Gasteiger partial charge in [-0.2, -0.15) is 0 Å². The Labute approximate surface area is 84.3 Å². The summed E-state index contributed by atoms with van der Waals surface area (Å²) in [7, 11) is 2.14. The molecule has 78 valence electrons. The van der Waals surface area contributed by atoms with Gasteiger partial charge in [-0.25, -0.2) is 0 Å². The van der Waals surface area contributed by atoms with Gasteiger partial charge in [0.15, 0.2) is 0 Å². The molecule has 0 aliphatic carbocycles. The van der Waals surface area contributed by atoms with Crippen LogP contribution in [0.5, 0.6) is 0 Å². The second kappa shape index (κ2) is 3.71. The van der Waals surface area contributed by atoms with Gasteiger partial charge >= 0.3 is 0 Å². The molecule has 1 aromatic heterocycles. The summed E-state index contributed by atoms with van der Waals surface area (Å²) in [5.74, 6) is 0.881. The van der Waals surface area contributed by atoms with E-state index in [4.69, 9.17) is 4.52 Å². The normalized spacial score (nSPS) is 29.4. The van der Waals surface area contributed by atoms with Gasteiger partial charge in [0.1, 0.15) is 11.5 Å². The van der Waals surface area contributed by atoms with Crippen LogP contribution < -0.4 is 5.32 Å². The van der Waals surface area contributed by atoms with Crippen molar-refractivity contribution >= 4 is 0 Å². The predicted octanol–water partition coefficient (Wildman–Crippen LogP) is 0.948. The SMILES string of the molecule is Cc1cc(C2CNCC(C)N2C)no1. The molecule has 1 aromatic rings. The molecule has 1 aliphatic heterocycles. The Bertz CT molecular complexity index is 310. The molecule has 4 nitrogen and oxygen atoms in total. The van der Waals surface area contributed by atoms with Gasteiger partial charge in [-0.15, -0.1) is 0 Å². The second-order valence-electron chi connectivity index (χ2n) is 4.05. The smallest absolute Gasteiger partial charge is 0.133 e.